The van der Waals surface area contributed by atoms with Crippen LogP contribution in [0.3, 0.4) is 0 Å². The molecule has 12 fully saturated rings. The van der Waals surface area contributed by atoms with Crippen LogP contribution in [0.1, 0.15) is 243 Å². The highest BCUT2D eigenvalue weighted by molar-refractivity contribution is 5.97. The number of aromatic carboxylic acids is 1. The number of carboxylic acids is 1. The van der Waals surface area contributed by atoms with Crippen LogP contribution in [0.25, 0.3) is 0 Å². The number of rotatable bonds is 29. The average Bonchev–Trinajstić information content (AvgIpc) is 1.64. The predicted molar refractivity (Wildman–Crippen MR) is 562 cm³/mol. The second-order valence-electron chi connectivity index (χ2n) is 42.0. The zero-order chi connectivity index (χ0) is 97.2. The Morgan fingerprint density at radius 1 is 0.336 bits per heavy atom. The minimum Gasteiger partial charge on any atom is -0.478 e. The summed E-state index contributed by atoms with van der Waals surface area (Å²) >= 11 is 0. The molecule has 21 heteroatoms. The summed E-state index contributed by atoms with van der Waals surface area (Å²) in [7, 11) is 0. The molecule has 12 aliphatic rings. The number of nitrogens with one attached hydrogen (secondary N) is 6. The van der Waals surface area contributed by atoms with Gasteiger partial charge in [0.15, 0.2) is 0 Å². The molecule has 8 aliphatic heterocycles. The normalized spacial score (nSPS) is 23.0. The second-order valence-corrected chi connectivity index (χ2v) is 42.0. The van der Waals surface area contributed by atoms with E-state index < -0.39 is 5.97 Å². The van der Waals surface area contributed by atoms with Crippen LogP contribution in [0.2, 0.25) is 0 Å². The Labute approximate surface area is 836 Å². The van der Waals surface area contributed by atoms with Crippen LogP contribution in [0.4, 0.5) is 0 Å². The highest BCUT2D eigenvalue weighted by atomic mass is 16.4. The fourth-order valence-corrected chi connectivity index (χ4v) is 24.2. The minimum absolute atomic E-state index is 0. The maximum atomic E-state index is 13.3. The average molecular weight is 1910 g/mol. The van der Waals surface area contributed by atoms with Gasteiger partial charge in [0, 0.05) is 154 Å². The van der Waals surface area contributed by atoms with Crippen LogP contribution >= 0.6 is 0 Å². The van der Waals surface area contributed by atoms with Crippen molar-refractivity contribution in [3.05, 3.63) is 285 Å². The number of amides is 5. The lowest BCUT2D eigenvalue weighted by Crippen LogP contribution is -2.37. The molecule has 0 spiro atoms. The lowest BCUT2D eigenvalue weighted by Gasteiger charge is -2.26. The molecule has 4 saturated carbocycles. The molecule has 0 aromatic heterocycles. The van der Waals surface area contributed by atoms with Gasteiger partial charge in [0.05, 0.1) is 29.7 Å². The summed E-state index contributed by atoms with van der Waals surface area (Å²) in [4.78, 5) is 100. The first kappa shape index (κ1) is 107. The molecular weight excluding hydrogens is 1740 g/mol. The highest BCUT2D eigenvalue weighted by Crippen LogP contribution is 2.39. The smallest absolute Gasteiger partial charge is 0.336 e. The molecule has 140 heavy (non-hydrogen) atoms. The number of hydrogen-bond acceptors (Lipinski definition) is 15. The summed E-state index contributed by atoms with van der Waals surface area (Å²) in [6.45, 7) is 33.4. The fourth-order valence-electron chi connectivity index (χ4n) is 24.2. The number of carbonyl (C=O) groups excluding carboxylic acids is 6. The van der Waals surface area contributed by atoms with E-state index in [0.29, 0.717) is 23.8 Å². The zero-order valence-electron chi connectivity index (χ0n) is 83.7. The third kappa shape index (κ3) is 31.5. The maximum absolute atomic E-state index is 13.3. The van der Waals surface area contributed by atoms with E-state index in [-0.39, 0.29) is 91.4 Å². The number of fused-ring (bicyclic) bond motifs is 4. The van der Waals surface area contributed by atoms with Gasteiger partial charge in [0.2, 0.25) is 23.6 Å². The van der Waals surface area contributed by atoms with E-state index >= 15 is 0 Å². The Kier molecular flexibility index (Phi) is 42.5. The number of carboxylic acid groups (broad SMARTS) is 1. The topological polar surface area (TPSA) is 252 Å². The summed E-state index contributed by atoms with van der Waals surface area (Å²) in [5, 5.41) is 36.5. The molecule has 0 bridgehead atoms. The van der Waals surface area contributed by atoms with Crippen molar-refractivity contribution >= 4 is 41.8 Å². The molecule has 8 aromatic rings. The van der Waals surface area contributed by atoms with Crippen LogP contribution in [0, 0.1) is 98.7 Å². The molecular formula is C119H164N12O9. The Morgan fingerprint density at radius 2 is 0.579 bits per heavy atom. The third-order valence-corrected chi connectivity index (χ3v) is 31.8. The molecule has 8 aromatic carbocycles. The number of carbonyl (C=O) groups is 7. The number of likely N-dealkylation sites (tertiary alicyclic amines) is 6. The van der Waals surface area contributed by atoms with Crippen molar-refractivity contribution in [2.24, 2.45) is 71.0 Å². The first-order chi connectivity index (χ1) is 67.8. The van der Waals surface area contributed by atoms with Crippen LogP contribution in [-0.2, 0) is 37.1 Å². The van der Waals surface area contributed by atoms with Crippen molar-refractivity contribution < 1.29 is 43.8 Å². The SMILES string of the molecule is C.CCO.Cc1cccc(C)c1C(=O)N1CC2CN(CC[C@H](NC(=O)C3CCCC3)c3ccccc3)CC2C1.Cc1cccc(C)c1C(=O)O.O=C(N[C@@H](CCN1CC2CN(Cc3ccccc3)CC2C1)c1ccccc1)C1CCCC1.O=C(N[C@@H](CCN1CC2CNCC2C1)c1ccccc1)C1CCCC1.O=CC[C@H](NC(=O)C1CCCC1)c1ccccc1.c1ccc(CN2CC3CNCC3C2)cc1. The van der Waals surface area contributed by atoms with E-state index in [2.05, 4.69) is 201 Å². The van der Waals surface area contributed by atoms with Crippen molar-refractivity contribution in [3.8, 4) is 0 Å². The van der Waals surface area contributed by atoms with Crippen molar-refractivity contribution in [1.82, 2.24) is 61.3 Å². The van der Waals surface area contributed by atoms with Gasteiger partial charge in [-0.2, -0.15) is 0 Å². The van der Waals surface area contributed by atoms with E-state index in [9.17, 15) is 33.6 Å². The lowest BCUT2D eigenvalue weighted by molar-refractivity contribution is -0.126. The van der Waals surface area contributed by atoms with Gasteiger partial charge in [0.1, 0.15) is 6.29 Å². The first-order valence-corrected chi connectivity index (χ1v) is 53.0. The summed E-state index contributed by atoms with van der Waals surface area (Å²) < 4.78 is 0. The monoisotopic (exact) mass is 1910 g/mol. The van der Waals surface area contributed by atoms with Crippen molar-refractivity contribution in [2.45, 2.75) is 208 Å². The quantitative estimate of drug-likeness (QED) is 0.0203. The van der Waals surface area contributed by atoms with Crippen molar-refractivity contribution in [1.29, 1.82) is 0 Å². The summed E-state index contributed by atoms with van der Waals surface area (Å²) in [5.74, 6) is 7.19. The lowest BCUT2D eigenvalue weighted by atomic mass is 10.0. The second kappa shape index (κ2) is 55.5. The molecule has 8 unspecified atom stereocenters. The van der Waals surface area contributed by atoms with Gasteiger partial charge in [-0.3, -0.25) is 33.8 Å². The van der Waals surface area contributed by atoms with E-state index in [1.54, 1.807) is 32.9 Å². The van der Waals surface area contributed by atoms with Crippen LogP contribution in [-0.4, -0.2) is 212 Å². The molecule has 8 N–H and O–H groups in total. The van der Waals surface area contributed by atoms with E-state index in [1.165, 1.54) is 145 Å². The Morgan fingerprint density at radius 3 is 0.857 bits per heavy atom. The number of hydrogen-bond donors (Lipinski definition) is 8. The van der Waals surface area contributed by atoms with Crippen molar-refractivity contribution in [3.63, 3.8) is 0 Å². The number of aliphatic hydroxyl groups excluding tert-OH is 1. The van der Waals surface area contributed by atoms with E-state index in [1.807, 2.05) is 80.6 Å². The summed E-state index contributed by atoms with van der Waals surface area (Å²) in [6, 6.07) is 74.6. The van der Waals surface area contributed by atoms with Gasteiger partial charge in [-0.1, -0.05) is 277 Å². The van der Waals surface area contributed by atoms with Gasteiger partial charge < -0.3 is 66.5 Å². The van der Waals surface area contributed by atoms with Crippen molar-refractivity contribution in [2.75, 3.05) is 131 Å². The molecule has 754 valence electrons. The fraction of sp³-hybridized carbons (Fsp3) is 0.538. The molecule has 8 heterocycles. The molecule has 8 saturated heterocycles. The van der Waals surface area contributed by atoms with E-state index in [4.69, 9.17) is 10.2 Å². The summed E-state index contributed by atoms with van der Waals surface area (Å²) in [6.07, 6.45) is 21.8. The first-order valence-electron chi connectivity index (χ1n) is 53.0. The molecule has 4 aliphatic carbocycles. The van der Waals surface area contributed by atoms with Gasteiger partial charge in [-0.05, 0) is 234 Å². The highest BCUT2D eigenvalue weighted by Gasteiger charge is 2.45. The molecule has 0 radical (unpaired) electrons. The number of aldehydes is 1. The Bertz CT molecular complexity index is 4980. The minimum atomic E-state index is -0.847. The van der Waals surface area contributed by atoms with E-state index in [0.717, 1.165) is 218 Å². The van der Waals surface area contributed by atoms with Gasteiger partial charge in [-0.15, -0.1) is 0 Å². The van der Waals surface area contributed by atoms with Crippen LogP contribution < -0.4 is 31.9 Å². The van der Waals surface area contributed by atoms with Crippen LogP contribution in [0.15, 0.2) is 218 Å². The number of nitrogens with zero attached hydrogens (tertiary/aromatic N) is 6. The number of aryl methyl sites for hydroxylation is 4. The van der Waals surface area contributed by atoms with Gasteiger partial charge >= 0.3 is 5.97 Å². The van der Waals surface area contributed by atoms with Gasteiger partial charge in [0.25, 0.3) is 5.91 Å². The third-order valence-electron chi connectivity index (χ3n) is 31.8. The number of aliphatic hydroxyl groups is 1. The molecule has 12 atom stereocenters. The maximum Gasteiger partial charge on any atom is 0.336 e. The van der Waals surface area contributed by atoms with Gasteiger partial charge in [-0.25, -0.2) is 4.79 Å². The zero-order valence-corrected chi connectivity index (χ0v) is 83.7. The molecule has 20 rings (SSSR count). The predicted octanol–water partition coefficient (Wildman–Crippen LogP) is 18.4. The standard InChI is InChI=1S/C30H39N3O2.C28H37N3O.C21H31N3O.C15H19NO2.C13H18N2.C9H10O2.C2H6O.CH4/c1-21-9-8-10-22(2)28(21)30(35)33-19-25-17-32(18-26(25)20-33)16-15-27(23-11-4-3-5-12-23)31-29(34)24-13-6-7-14-24;32-28(24-13-7-8-14-24)29-27(23-11-5-2-6-12-23)15-16-30-18-25-20-31(21-26(25)19-30)17-22-9-3-1-4-10-22;25-21(17-8-4-5-9-17)23-20(16-6-2-1-3-7-16)10-11-24-14-18-12-22-13-19(18)15-24;17-11-10-14(12-6-2-1-3-7-12)16-15(18)13-8-4-5-9-13;1-2-4-11(5-3-1)8-15-9-12-6-14-7-13(12)10-15;1-6-4-3-5-7(2)8(6)9(10)11;1-2-3;/h3-5,8-12,24-27H,6-7,13-20H2,1-2H3,(H,31,34);1-6,9-12,24-27H,7-8,13-21H2,(H,29,32);1-3,6-7,17-20,22H,4-5,8-15H2,(H,23,25);1-3,6-7,11,13-14H,4-5,8-10H2,(H,16,18);1-5,12-14H,6-10H2;3-5H,1-2H3,(H,10,11);3H,2H2,1H3;1H4/t2*25?,26?,27-;18?,19?,20-;14-;;;;/m0000..../s1. The Balaban J connectivity index is 0.000000145. The molecule has 21 nitrogen and oxygen atoms in total. The Hall–Kier alpha value is -10.1. The largest absolute Gasteiger partial charge is 0.478 e. The molecule has 5 amide bonds. The van der Waals surface area contributed by atoms with Crippen LogP contribution in [0.5, 0.6) is 0 Å². The number of benzene rings is 8. The summed E-state index contributed by atoms with van der Waals surface area (Å²) in [5.41, 5.74) is 12.6.